The van der Waals surface area contributed by atoms with E-state index in [4.69, 9.17) is 28.6 Å². The molecule has 0 amide bonds. The van der Waals surface area contributed by atoms with E-state index in [1.54, 1.807) is 4.57 Å². The fourth-order valence-corrected chi connectivity index (χ4v) is 9.39. The van der Waals surface area contributed by atoms with Gasteiger partial charge in [-0.15, -0.1) is 0 Å². The molecule has 2 aliphatic carbocycles. The molecule has 1 unspecified atom stereocenters. The third kappa shape index (κ3) is 4.68. The number of alkyl halides is 1. The lowest BCUT2D eigenvalue weighted by Crippen LogP contribution is -2.37. The number of ether oxygens (including phenoxy) is 1. The number of nitrogens with one attached hydrogen (secondary N) is 1. The SMILES string of the molecule is Cc1nc2c(ncn2[C@@H]2O[C@@H]3CO[P@@](=O)(S)O[C@H]4[C@@H](O)[C@H](n5cnc6c(N)ncnc65)[C@H]5C[C@]54COP(=O)(O)O[C@@H]2[C@@H]3F)c(=O)[nH]1. The lowest BCUT2D eigenvalue weighted by atomic mass is 10.0. The summed E-state index contributed by atoms with van der Waals surface area (Å²) in [4.78, 5) is 46.5. The summed E-state index contributed by atoms with van der Waals surface area (Å²) < 4.78 is 73.5. The molecule has 5 N–H and O–H groups in total. The van der Waals surface area contributed by atoms with Crippen LogP contribution in [0.2, 0.25) is 0 Å². The number of nitrogens with two attached hydrogens (primary N) is 1. The highest BCUT2D eigenvalue weighted by Crippen LogP contribution is 2.73. The van der Waals surface area contributed by atoms with Gasteiger partial charge >= 0.3 is 14.6 Å². The normalized spacial score (nSPS) is 41.1. The van der Waals surface area contributed by atoms with E-state index in [-0.39, 0.29) is 29.2 Å². The van der Waals surface area contributed by atoms with Gasteiger partial charge in [0.2, 0.25) is 0 Å². The van der Waals surface area contributed by atoms with Crippen molar-refractivity contribution < 1.29 is 46.4 Å². The van der Waals surface area contributed by atoms with Crippen LogP contribution in [-0.4, -0.2) is 92.8 Å². The summed E-state index contributed by atoms with van der Waals surface area (Å²) >= 11 is 4.10. The second-order valence-corrected chi connectivity index (χ2v) is 16.0. The lowest BCUT2D eigenvalue weighted by Gasteiger charge is -2.30. The molecule has 46 heavy (non-hydrogen) atoms. The Kier molecular flexibility index (Phi) is 6.85. The summed E-state index contributed by atoms with van der Waals surface area (Å²) in [5.74, 6) is -0.105. The molecule has 19 nitrogen and oxygen atoms in total. The van der Waals surface area contributed by atoms with Crippen LogP contribution in [0.25, 0.3) is 22.3 Å². The van der Waals surface area contributed by atoms with E-state index in [0.717, 1.165) is 6.33 Å². The van der Waals surface area contributed by atoms with Crippen LogP contribution in [0, 0.1) is 18.3 Å². The predicted molar refractivity (Wildman–Crippen MR) is 155 cm³/mol. The predicted octanol–water partition coefficient (Wildman–Crippen LogP) is 0.963. The molecule has 23 heteroatoms. The van der Waals surface area contributed by atoms with E-state index in [0.29, 0.717) is 11.2 Å². The number of thiol groups is 1. The number of anilines is 1. The fourth-order valence-electron chi connectivity index (χ4n) is 6.87. The maximum Gasteiger partial charge on any atom is 0.472 e. The van der Waals surface area contributed by atoms with Crippen LogP contribution in [0.15, 0.2) is 23.8 Å². The molecule has 2 aliphatic heterocycles. The zero-order valence-corrected chi connectivity index (χ0v) is 26.2. The van der Waals surface area contributed by atoms with Crippen LogP contribution < -0.4 is 11.3 Å². The minimum Gasteiger partial charge on any atom is -0.388 e. The first-order chi connectivity index (χ1) is 21.8. The summed E-state index contributed by atoms with van der Waals surface area (Å²) in [7, 11) is -5.06. The molecule has 4 aliphatic rings. The van der Waals surface area contributed by atoms with Crippen molar-refractivity contribution in [2.45, 2.75) is 56.2 Å². The summed E-state index contributed by atoms with van der Waals surface area (Å²) in [6.45, 7) is -4.04. The Bertz CT molecular complexity index is 2050. The van der Waals surface area contributed by atoms with Gasteiger partial charge in [-0.05, 0) is 19.3 Å². The summed E-state index contributed by atoms with van der Waals surface area (Å²) in [5, 5.41) is 11.5. The topological polar surface area (TPSA) is 254 Å². The van der Waals surface area contributed by atoms with Crippen molar-refractivity contribution in [2.75, 3.05) is 18.9 Å². The molecule has 0 aromatic carbocycles. The number of phosphoric acid groups is 1. The number of nitrogen functional groups attached to an aromatic ring is 1. The minimum absolute atomic E-state index is 0.000726. The van der Waals surface area contributed by atoms with Gasteiger partial charge in [0.05, 0.1) is 31.9 Å². The number of aliphatic hydroxyl groups is 1. The third-order valence-electron chi connectivity index (χ3n) is 9.01. The zero-order chi connectivity index (χ0) is 32.3. The number of phosphoric ester groups is 1. The number of aliphatic hydroxyl groups excluding tert-OH is 1. The summed E-state index contributed by atoms with van der Waals surface area (Å²) in [5.41, 5.74) is 4.74. The van der Waals surface area contributed by atoms with E-state index < -0.39 is 87.6 Å². The standard InChI is InChI=1S/C23H26FN9O10P2S/c1-8-30-20-13(21(35)31-8)29-7-33(20)22-16-11(24)10(41-22)3-39-45(38,46)43-17-15(34)14(9-2-23(9,17)4-40-44(36,37)42-16)32-6-28-12-18(25)26-5-27-19(12)32/h5-7,9-11,14-17,22,34H,2-4H2,1H3,(H,36,37)(H,38,46)(H2,25,26,27)(H,30,31,35)/t9-,10-,11-,14-,15+,16-,17+,22-,23+,45-/m1/s1. The Morgan fingerprint density at radius 2 is 1.89 bits per heavy atom. The number of hydrogen-bond acceptors (Lipinski definition) is 15. The molecule has 11 atom stereocenters. The summed E-state index contributed by atoms with van der Waals surface area (Å²) in [6, 6.07) is -0.763. The second kappa shape index (κ2) is 10.3. The maximum atomic E-state index is 15.9. The largest absolute Gasteiger partial charge is 0.472 e. The molecule has 246 valence electrons. The van der Waals surface area contributed by atoms with Crippen molar-refractivity contribution in [3.05, 3.63) is 35.2 Å². The van der Waals surface area contributed by atoms with Crippen LogP contribution in [0.1, 0.15) is 24.5 Å². The van der Waals surface area contributed by atoms with Crippen LogP contribution in [0.5, 0.6) is 0 Å². The van der Waals surface area contributed by atoms with Crippen molar-refractivity contribution in [3.63, 3.8) is 0 Å². The Morgan fingerprint density at radius 3 is 2.70 bits per heavy atom. The molecule has 0 radical (unpaired) electrons. The molecular formula is C23H26FN9O10P2S. The van der Waals surface area contributed by atoms with Gasteiger partial charge < -0.3 is 30.0 Å². The smallest absolute Gasteiger partial charge is 0.388 e. The van der Waals surface area contributed by atoms with E-state index in [1.807, 2.05) is 0 Å². The third-order valence-corrected chi connectivity index (χ3v) is 11.6. The van der Waals surface area contributed by atoms with Crippen molar-refractivity contribution in [1.29, 1.82) is 0 Å². The molecule has 2 saturated carbocycles. The van der Waals surface area contributed by atoms with Gasteiger partial charge in [-0.2, -0.15) is 0 Å². The Morgan fingerprint density at radius 1 is 1.13 bits per heavy atom. The number of aromatic nitrogens is 8. The first kappa shape index (κ1) is 30.5. The quantitative estimate of drug-likeness (QED) is 0.144. The number of rotatable bonds is 2. The number of halogens is 1. The first-order valence-corrected chi connectivity index (χ1v) is 18.1. The monoisotopic (exact) mass is 701 g/mol. The number of aryl methyl sites for hydroxylation is 1. The molecule has 2 bridgehead atoms. The average molecular weight is 702 g/mol. The number of fused-ring (bicyclic) bond motifs is 4. The van der Waals surface area contributed by atoms with Crippen molar-refractivity contribution in [1.82, 2.24) is 39.0 Å². The van der Waals surface area contributed by atoms with Gasteiger partial charge in [-0.3, -0.25) is 27.5 Å². The van der Waals surface area contributed by atoms with Crippen LogP contribution in [0.4, 0.5) is 10.2 Å². The number of imidazole rings is 2. The number of hydrogen-bond donors (Lipinski definition) is 5. The Balaban J connectivity index is 1.14. The van der Waals surface area contributed by atoms with Crippen molar-refractivity contribution >= 4 is 55.0 Å². The van der Waals surface area contributed by atoms with Crippen LogP contribution in [0.3, 0.4) is 0 Å². The van der Waals surface area contributed by atoms with Gasteiger partial charge in [0, 0.05) is 5.41 Å². The van der Waals surface area contributed by atoms with Crippen LogP contribution in [-0.2, 0) is 32.0 Å². The number of H-pyrrole nitrogens is 1. The van der Waals surface area contributed by atoms with Gasteiger partial charge in [-0.1, -0.05) is 12.2 Å². The van der Waals surface area contributed by atoms with Gasteiger partial charge in [0.1, 0.15) is 42.1 Å². The fraction of sp³-hybridized carbons (Fsp3) is 0.565. The molecule has 2 saturated heterocycles. The van der Waals surface area contributed by atoms with Crippen molar-refractivity contribution in [3.8, 4) is 0 Å². The van der Waals surface area contributed by atoms with Crippen LogP contribution >= 0.6 is 26.9 Å². The van der Waals surface area contributed by atoms with E-state index in [2.05, 4.69) is 42.2 Å². The molecular weight excluding hydrogens is 675 g/mol. The molecule has 8 rings (SSSR count). The highest BCUT2D eigenvalue weighted by atomic mass is 32.7. The highest BCUT2D eigenvalue weighted by molar-refractivity contribution is 8.44. The van der Waals surface area contributed by atoms with E-state index in [9.17, 15) is 23.9 Å². The first-order valence-electron chi connectivity index (χ1n) is 13.9. The Labute approximate surface area is 261 Å². The maximum absolute atomic E-state index is 15.9. The molecule has 4 aromatic rings. The number of nitrogens with zero attached hydrogens (tertiary/aromatic N) is 7. The number of aromatic amines is 1. The average Bonchev–Trinajstić information content (AvgIpc) is 3.26. The molecule has 4 aromatic heterocycles. The van der Waals surface area contributed by atoms with Crippen molar-refractivity contribution in [2.24, 2.45) is 11.3 Å². The van der Waals surface area contributed by atoms with Gasteiger partial charge in [-0.25, -0.2) is 38.4 Å². The van der Waals surface area contributed by atoms with Gasteiger partial charge in [0.15, 0.2) is 35.0 Å². The Hall–Kier alpha value is -2.84. The second-order valence-electron chi connectivity index (χ2n) is 11.7. The highest BCUT2D eigenvalue weighted by Gasteiger charge is 2.74. The minimum atomic E-state index is -5.06. The lowest BCUT2D eigenvalue weighted by molar-refractivity contribution is -0.0586. The van der Waals surface area contributed by atoms with Gasteiger partial charge in [0.25, 0.3) is 5.56 Å². The summed E-state index contributed by atoms with van der Waals surface area (Å²) in [6.07, 6.45) is -5.47. The zero-order valence-electron chi connectivity index (χ0n) is 23.6. The molecule has 6 heterocycles. The van der Waals surface area contributed by atoms with E-state index in [1.165, 1.54) is 24.1 Å². The molecule has 4 fully saturated rings. The van der Waals surface area contributed by atoms with E-state index >= 15 is 4.39 Å². The molecule has 1 spiro atoms.